The highest BCUT2D eigenvalue weighted by atomic mass is 16.5. The Morgan fingerprint density at radius 1 is 1.09 bits per heavy atom. The summed E-state index contributed by atoms with van der Waals surface area (Å²) in [6.07, 6.45) is -2.04. The van der Waals surface area contributed by atoms with E-state index in [4.69, 9.17) is 9.47 Å². The lowest BCUT2D eigenvalue weighted by Gasteiger charge is -2.23. The van der Waals surface area contributed by atoms with Crippen LogP contribution in [0.25, 0.3) is 11.1 Å². The van der Waals surface area contributed by atoms with E-state index < -0.39 is 30.0 Å². The topological polar surface area (TPSA) is 125 Å². The quantitative estimate of drug-likeness (QED) is 0.566. The van der Waals surface area contributed by atoms with E-state index in [9.17, 15) is 24.6 Å². The molecule has 0 spiro atoms. The summed E-state index contributed by atoms with van der Waals surface area (Å²) < 4.78 is 10.7. The van der Waals surface area contributed by atoms with Crippen molar-refractivity contribution >= 4 is 18.0 Å². The predicted octanol–water partition coefficient (Wildman–Crippen LogP) is 1.84. The predicted molar refractivity (Wildman–Crippen MR) is 122 cm³/mol. The Balaban J connectivity index is 1.25. The number of hydrogen-bond donors (Lipinski definition) is 3. The number of amides is 2. The summed E-state index contributed by atoms with van der Waals surface area (Å²) in [5, 5.41) is 21.9. The molecule has 2 aromatic carbocycles. The van der Waals surface area contributed by atoms with Crippen LogP contribution in [0.1, 0.15) is 23.5 Å². The van der Waals surface area contributed by atoms with Crippen molar-refractivity contribution < 1.29 is 34.1 Å². The summed E-state index contributed by atoms with van der Waals surface area (Å²) in [5.74, 6) is -2.30. The summed E-state index contributed by atoms with van der Waals surface area (Å²) in [7, 11) is 0. The van der Waals surface area contributed by atoms with Crippen molar-refractivity contribution in [3.63, 3.8) is 0 Å². The molecule has 180 valence electrons. The maximum absolute atomic E-state index is 12.5. The third kappa shape index (κ3) is 5.37. The zero-order valence-corrected chi connectivity index (χ0v) is 18.7. The van der Waals surface area contributed by atoms with Crippen molar-refractivity contribution in [2.24, 2.45) is 5.92 Å². The van der Waals surface area contributed by atoms with E-state index in [-0.39, 0.29) is 51.8 Å². The largest absolute Gasteiger partial charge is 0.481 e. The van der Waals surface area contributed by atoms with Gasteiger partial charge in [-0.1, -0.05) is 48.5 Å². The third-order valence-corrected chi connectivity index (χ3v) is 6.20. The molecule has 0 radical (unpaired) electrons. The van der Waals surface area contributed by atoms with Crippen molar-refractivity contribution in [3.05, 3.63) is 59.7 Å². The van der Waals surface area contributed by atoms with Crippen LogP contribution in [0.4, 0.5) is 4.79 Å². The second kappa shape index (κ2) is 10.7. The molecule has 34 heavy (non-hydrogen) atoms. The fourth-order valence-electron chi connectivity index (χ4n) is 4.44. The van der Waals surface area contributed by atoms with Gasteiger partial charge in [0.1, 0.15) is 6.61 Å². The molecule has 1 aliphatic carbocycles. The van der Waals surface area contributed by atoms with Gasteiger partial charge in [-0.2, -0.15) is 0 Å². The van der Waals surface area contributed by atoms with Gasteiger partial charge >= 0.3 is 12.1 Å². The lowest BCUT2D eigenvalue weighted by atomic mass is 9.98. The molecule has 2 unspecified atom stereocenters. The van der Waals surface area contributed by atoms with E-state index in [1.165, 1.54) is 4.90 Å². The molecular formula is C25H28N2O7. The van der Waals surface area contributed by atoms with Crippen LogP contribution in [-0.2, 0) is 19.1 Å². The van der Waals surface area contributed by atoms with Crippen LogP contribution in [-0.4, -0.2) is 78.6 Å². The van der Waals surface area contributed by atoms with E-state index in [1.54, 1.807) is 0 Å². The number of rotatable bonds is 7. The molecule has 0 bridgehead atoms. The molecule has 4 rings (SSSR count). The van der Waals surface area contributed by atoms with Gasteiger partial charge in [0.2, 0.25) is 5.91 Å². The van der Waals surface area contributed by atoms with Crippen LogP contribution in [0.2, 0.25) is 0 Å². The number of nitrogens with one attached hydrogen (secondary N) is 1. The zero-order valence-electron chi connectivity index (χ0n) is 18.7. The van der Waals surface area contributed by atoms with Gasteiger partial charge in [-0.05, 0) is 22.3 Å². The molecule has 1 fully saturated rings. The lowest BCUT2D eigenvalue weighted by Crippen LogP contribution is -2.41. The SMILES string of the molecule is O=C(NCC(O)CC(=O)N1CCOCC(C(=O)O)C1)OCC1c2ccccc2-c2ccccc21. The third-order valence-electron chi connectivity index (χ3n) is 6.20. The summed E-state index contributed by atoms with van der Waals surface area (Å²) in [4.78, 5) is 37.4. The van der Waals surface area contributed by atoms with Crippen molar-refractivity contribution in [2.45, 2.75) is 18.4 Å². The molecule has 2 amide bonds. The monoisotopic (exact) mass is 468 g/mol. The number of alkyl carbamates (subject to hydrolysis) is 1. The number of benzene rings is 2. The Bertz CT molecular complexity index is 1010. The highest BCUT2D eigenvalue weighted by molar-refractivity contribution is 5.79. The van der Waals surface area contributed by atoms with Crippen LogP contribution < -0.4 is 5.32 Å². The molecule has 1 aliphatic heterocycles. The Morgan fingerprint density at radius 3 is 2.38 bits per heavy atom. The number of nitrogens with zero attached hydrogens (tertiary/aromatic N) is 1. The van der Waals surface area contributed by atoms with Crippen LogP contribution >= 0.6 is 0 Å². The first-order chi connectivity index (χ1) is 16.4. The zero-order chi connectivity index (χ0) is 24.1. The van der Waals surface area contributed by atoms with Crippen molar-refractivity contribution in [3.8, 4) is 11.1 Å². The number of aliphatic hydroxyl groups excluding tert-OH is 1. The number of hydrogen-bond acceptors (Lipinski definition) is 6. The molecule has 1 heterocycles. The summed E-state index contributed by atoms with van der Waals surface area (Å²) in [6.45, 7) is 0.568. The smallest absolute Gasteiger partial charge is 0.407 e. The standard InChI is InChI=1S/C25H28N2O7/c28-17(11-23(29)27-9-10-33-14-16(13-27)24(30)31)12-26-25(32)34-15-22-20-7-3-1-5-18(20)19-6-2-4-8-21(19)22/h1-8,16-17,22,28H,9-15H2,(H,26,32)(H,30,31). The summed E-state index contributed by atoms with van der Waals surface area (Å²) in [6, 6.07) is 16.0. The minimum Gasteiger partial charge on any atom is -0.481 e. The number of carbonyl (C=O) groups is 3. The number of aliphatic carboxylic acids is 1. The van der Waals surface area contributed by atoms with Gasteiger partial charge in [-0.3, -0.25) is 9.59 Å². The number of fused-ring (bicyclic) bond motifs is 3. The highest BCUT2D eigenvalue weighted by Crippen LogP contribution is 2.44. The van der Waals surface area contributed by atoms with Gasteiger partial charge in [0, 0.05) is 25.6 Å². The molecular weight excluding hydrogens is 440 g/mol. The average Bonchev–Trinajstić information content (AvgIpc) is 2.97. The van der Waals surface area contributed by atoms with Gasteiger partial charge < -0.3 is 29.9 Å². The van der Waals surface area contributed by atoms with Crippen LogP contribution in [0.5, 0.6) is 0 Å². The van der Waals surface area contributed by atoms with E-state index in [0.717, 1.165) is 22.3 Å². The fourth-order valence-corrected chi connectivity index (χ4v) is 4.44. The molecule has 2 atom stereocenters. The Kier molecular flexibility index (Phi) is 7.44. The van der Waals surface area contributed by atoms with Gasteiger partial charge in [-0.25, -0.2) is 4.79 Å². The van der Waals surface area contributed by atoms with E-state index in [2.05, 4.69) is 17.4 Å². The Hall–Kier alpha value is -3.43. The molecule has 2 aromatic rings. The number of carbonyl (C=O) groups excluding carboxylic acids is 2. The average molecular weight is 469 g/mol. The number of carboxylic acid groups (broad SMARTS) is 1. The Labute approximate surface area is 197 Å². The fraction of sp³-hybridized carbons (Fsp3) is 0.400. The van der Waals surface area contributed by atoms with Crippen molar-refractivity contribution in [1.82, 2.24) is 10.2 Å². The van der Waals surface area contributed by atoms with Gasteiger partial charge in [0.25, 0.3) is 0 Å². The first-order valence-electron chi connectivity index (χ1n) is 11.3. The maximum atomic E-state index is 12.5. The summed E-state index contributed by atoms with van der Waals surface area (Å²) >= 11 is 0. The van der Waals surface area contributed by atoms with Crippen molar-refractivity contribution in [1.29, 1.82) is 0 Å². The second-order valence-corrected chi connectivity index (χ2v) is 8.51. The van der Waals surface area contributed by atoms with Crippen LogP contribution in [0.3, 0.4) is 0 Å². The Morgan fingerprint density at radius 2 is 1.74 bits per heavy atom. The maximum Gasteiger partial charge on any atom is 0.407 e. The molecule has 2 aliphatic rings. The van der Waals surface area contributed by atoms with Crippen molar-refractivity contribution in [2.75, 3.05) is 39.5 Å². The molecule has 0 aromatic heterocycles. The number of carboxylic acids is 1. The minimum absolute atomic E-state index is 0.0285. The van der Waals surface area contributed by atoms with E-state index in [1.807, 2.05) is 36.4 Å². The minimum atomic E-state index is -1.12. The highest BCUT2D eigenvalue weighted by Gasteiger charge is 2.30. The molecule has 0 saturated carbocycles. The molecule has 9 nitrogen and oxygen atoms in total. The molecule has 1 saturated heterocycles. The first-order valence-corrected chi connectivity index (χ1v) is 11.3. The normalized spacial score (nSPS) is 18.4. The molecule has 3 N–H and O–H groups in total. The second-order valence-electron chi connectivity index (χ2n) is 8.51. The number of aliphatic hydroxyl groups is 1. The van der Waals surface area contributed by atoms with Gasteiger partial charge in [-0.15, -0.1) is 0 Å². The first kappa shape index (κ1) is 23.7. The summed E-state index contributed by atoms with van der Waals surface area (Å²) in [5.41, 5.74) is 4.46. The molecule has 9 heteroatoms. The number of ether oxygens (including phenoxy) is 2. The van der Waals surface area contributed by atoms with Gasteiger partial charge in [0.15, 0.2) is 0 Å². The van der Waals surface area contributed by atoms with Crippen LogP contribution in [0.15, 0.2) is 48.5 Å². The van der Waals surface area contributed by atoms with Crippen LogP contribution in [0, 0.1) is 5.92 Å². The lowest BCUT2D eigenvalue weighted by molar-refractivity contribution is -0.144. The van der Waals surface area contributed by atoms with E-state index in [0.29, 0.717) is 0 Å². The van der Waals surface area contributed by atoms with E-state index >= 15 is 0 Å². The van der Waals surface area contributed by atoms with Gasteiger partial charge in [0.05, 0.1) is 31.7 Å².